The van der Waals surface area contributed by atoms with Crippen LogP contribution in [0.15, 0.2) is 47.4 Å². The molecule has 0 N–H and O–H groups in total. The van der Waals surface area contributed by atoms with E-state index in [1.54, 1.807) is 29.2 Å². The predicted octanol–water partition coefficient (Wildman–Crippen LogP) is 2.97. The lowest BCUT2D eigenvalue weighted by atomic mass is 10.1. The van der Waals surface area contributed by atoms with Gasteiger partial charge in [-0.1, -0.05) is 29.8 Å². The monoisotopic (exact) mass is 444 g/mol. The first kappa shape index (κ1) is 21.6. The number of benzene rings is 2. The summed E-state index contributed by atoms with van der Waals surface area (Å²) in [6.45, 7) is 5.94. The number of hydrogen-bond donors (Lipinski definition) is 0. The number of carbonyl (C=O) groups is 1. The summed E-state index contributed by atoms with van der Waals surface area (Å²) < 4.78 is 39.3. The summed E-state index contributed by atoms with van der Waals surface area (Å²) in [7, 11) is -3.74. The third-order valence-electron chi connectivity index (χ3n) is 5.82. The van der Waals surface area contributed by atoms with Gasteiger partial charge in [0, 0.05) is 25.2 Å². The van der Waals surface area contributed by atoms with Crippen molar-refractivity contribution in [1.29, 1.82) is 0 Å². The van der Waals surface area contributed by atoms with Gasteiger partial charge >= 0.3 is 0 Å². The lowest BCUT2D eigenvalue weighted by Crippen LogP contribution is -2.47. The average Bonchev–Trinajstić information content (AvgIpc) is 3.28. The van der Waals surface area contributed by atoms with Gasteiger partial charge in [0.25, 0.3) is 0 Å². The number of nitrogens with zero attached hydrogens (tertiary/aromatic N) is 2. The van der Waals surface area contributed by atoms with Crippen LogP contribution in [-0.4, -0.2) is 55.9 Å². The van der Waals surface area contributed by atoms with E-state index in [9.17, 15) is 13.2 Å². The van der Waals surface area contributed by atoms with E-state index in [0.29, 0.717) is 57.2 Å². The summed E-state index contributed by atoms with van der Waals surface area (Å²) >= 11 is 0. The molecule has 2 heterocycles. The molecular weight excluding hydrogens is 416 g/mol. The van der Waals surface area contributed by atoms with Crippen LogP contribution in [0.5, 0.6) is 11.5 Å². The standard InChI is InChI=1S/C23H28N2O5S/c1-3-24(16-18-6-4-8-21-22(18)30-15-14-29-21)23(26)20-7-5-13-25(20)31(27,28)19-11-9-17(2)10-12-19/h4,6,8-12,20H,3,5,7,13-16H2,1-2H3/t20-/m0/s1. The van der Waals surface area contributed by atoms with Crippen LogP contribution in [0.1, 0.15) is 30.9 Å². The van der Waals surface area contributed by atoms with Gasteiger partial charge in [0.2, 0.25) is 15.9 Å². The molecule has 2 aromatic carbocycles. The molecule has 0 radical (unpaired) electrons. The molecule has 2 aromatic rings. The first-order chi connectivity index (χ1) is 14.9. The molecule has 7 nitrogen and oxygen atoms in total. The first-order valence-electron chi connectivity index (χ1n) is 10.7. The number of hydrogen-bond acceptors (Lipinski definition) is 5. The van der Waals surface area contributed by atoms with Crippen LogP contribution in [0, 0.1) is 6.92 Å². The molecule has 1 fully saturated rings. The molecule has 0 saturated carbocycles. The van der Waals surface area contributed by atoms with E-state index in [0.717, 1.165) is 11.1 Å². The number of para-hydroxylation sites is 1. The maximum atomic E-state index is 13.4. The van der Waals surface area contributed by atoms with Crippen molar-refractivity contribution < 1.29 is 22.7 Å². The molecule has 1 atom stereocenters. The van der Waals surface area contributed by atoms with Crippen molar-refractivity contribution >= 4 is 15.9 Å². The fourth-order valence-electron chi connectivity index (χ4n) is 4.14. The van der Waals surface area contributed by atoms with Gasteiger partial charge in [-0.15, -0.1) is 0 Å². The Kier molecular flexibility index (Phi) is 6.20. The molecule has 0 spiro atoms. The number of ether oxygens (including phenoxy) is 2. The summed E-state index contributed by atoms with van der Waals surface area (Å²) in [6.07, 6.45) is 1.18. The Bertz CT molecular complexity index is 1050. The van der Waals surface area contributed by atoms with Crippen LogP contribution in [0.4, 0.5) is 0 Å². The highest BCUT2D eigenvalue weighted by atomic mass is 32.2. The number of rotatable bonds is 6. The zero-order chi connectivity index (χ0) is 22.0. The van der Waals surface area contributed by atoms with E-state index in [1.165, 1.54) is 4.31 Å². The summed E-state index contributed by atoms with van der Waals surface area (Å²) in [5.74, 6) is 1.16. The zero-order valence-electron chi connectivity index (χ0n) is 17.9. The van der Waals surface area contributed by atoms with Crippen LogP contribution in [0.25, 0.3) is 0 Å². The van der Waals surface area contributed by atoms with Gasteiger partial charge in [-0.3, -0.25) is 4.79 Å². The quantitative estimate of drug-likeness (QED) is 0.685. The summed E-state index contributed by atoms with van der Waals surface area (Å²) in [4.78, 5) is 15.4. The van der Waals surface area contributed by atoms with E-state index < -0.39 is 16.1 Å². The maximum absolute atomic E-state index is 13.4. The molecule has 0 aliphatic carbocycles. The minimum Gasteiger partial charge on any atom is -0.486 e. The average molecular weight is 445 g/mol. The van der Waals surface area contributed by atoms with Crippen molar-refractivity contribution in [2.45, 2.75) is 44.2 Å². The van der Waals surface area contributed by atoms with E-state index in [4.69, 9.17) is 9.47 Å². The van der Waals surface area contributed by atoms with Crippen molar-refractivity contribution in [2.75, 3.05) is 26.3 Å². The number of fused-ring (bicyclic) bond motifs is 1. The number of aryl methyl sites for hydroxylation is 1. The third-order valence-corrected chi connectivity index (χ3v) is 7.74. The maximum Gasteiger partial charge on any atom is 0.243 e. The Morgan fingerprint density at radius 1 is 1.13 bits per heavy atom. The molecule has 4 rings (SSSR count). The summed E-state index contributed by atoms with van der Waals surface area (Å²) in [6, 6.07) is 11.7. The molecule has 31 heavy (non-hydrogen) atoms. The second-order valence-electron chi connectivity index (χ2n) is 7.88. The van der Waals surface area contributed by atoms with Gasteiger partial charge in [-0.05, 0) is 44.9 Å². The highest BCUT2D eigenvalue weighted by molar-refractivity contribution is 7.89. The Balaban J connectivity index is 1.56. The Labute approximate surface area is 183 Å². The third kappa shape index (κ3) is 4.27. The van der Waals surface area contributed by atoms with Gasteiger partial charge in [-0.2, -0.15) is 4.31 Å². The van der Waals surface area contributed by atoms with Crippen molar-refractivity contribution in [1.82, 2.24) is 9.21 Å². The molecule has 8 heteroatoms. The molecule has 2 aliphatic heterocycles. The Morgan fingerprint density at radius 3 is 2.61 bits per heavy atom. The normalized spacial score (nSPS) is 18.7. The van der Waals surface area contributed by atoms with Crippen molar-refractivity contribution in [3.05, 3.63) is 53.6 Å². The van der Waals surface area contributed by atoms with E-state index in [1.807, 2.05) is 32.0 Å². The minimum atomic E-state index is -3.74. The molecule has 0 unspecified atom stereocenters. The summed E-state index contributed by atoms with van der Waals surface area (Å²) in [5.41, 5.74) is 1.85. The van der Waals surface area contributed by atoms with Crippen LogP contribution < -0.4 is 9.47 Å². The van der Waals surface area contributed by atoms with Crippen molar-refractivity contribution in [3.63, 3.8) is 0 Å². The topological polar surface area (TPSA) is 76.2 Å². The zero-order valence-corrected chi connectivity index (χ0v) is 18.7. The highest BCUT2D eigenvalue weighted by Crippen LogP contribution is 2.35. The molecule has 1 amide bonds. The molecule has 1 saturated heterocycles. The largest absolute Gasteiger partial charge is 0.486 e. The Morgan fingerprint density at radius 2 is 1.87 bits per heavy atom. The first-order valence-corrected chi connectivity index (χ1v) is 12.1. The molecule has 0 bridgehead atoms. The van der Waals surface area contributed by atoms with Gasteiger partial charge in [0.1, 0.15) is 19.3 Å². The SMILES string of the molecule is CCN(Cc1cccc2c1OCCO2)C(=O)[C@@H]1CCCN1S(=O)(=O)c1ccc(C)cc1. The van der Waals surface area contributed by atoms with E-state index in [-0.39, 0.29) is 10.8 Å². The highest BCUT2D eigenvalue weighted by Gasteiger charge is 2.41. The van der Waals surface area contributed by atoms with Gasteiger partial charge < -0.3 is 14.4 Å². The van der Waals surface area contributed by atoms with Crippen molar-refractivity contribution in [3.8, 4) is 11.5 Å². The second kappa shape index (κ2) is 8.88. The fraction of sp³-hybridized carbons (Fsp3) is 0.435. The van der Waals surface area contributed by atoms with Crippen LogP contribution in [-0.2, 0) is 21.4 Å². The van der Waals surface area contributed by atoms with Gasteiger partial charge in [-0.25, -0.2) is 8.42 Å². The smallest absolute Gasteiger partial charge is 0.243 e. The second-order valence-corrected chi connectivity index (χ2v) is 9.77. The fourth-order valence-corrected chi connectivity index (χ4v) is 5.79. The molecule has 2 aliphatic rings. The van der Waals surface area contributed by atoms with Gasteiger partial charge in [0.05, 0.1) is 4.90 Å². The number of carbonyl (C=O) groups excluding carboxylic acids is 1. The number of sulfonamides is 1. The summed E-state index contributed by atoms with van der Waals surface area (Å²) in [5, 5.41) is 0. The number of amides is 1. The molecule has 0 aromatic heterocycles. The molecular formula is C23H28N2O5S. The van der Waals surface area contributed by atoms with Gasteiger partial charge in [0.15, 0.2) is 11.5 Å². The van der Waals surface area contributed by atoms with Crippen LogP contribution >= 0.6 is 0 Å². The van der Waals surface area contributed by atoms with Crippen LogP contribution in [0.2, 0.25) is 0 Å². The van der Waals surface area contributed by atoms with Crippen LogP contribution in [0.3, 0.4) is 0 Å². The minimum absolute atomic E-state index is 0.176. The Hall–Kier alpha value is -2.58. The van der Waals surface area contributed by atoms with E-state index >= 15 is 0 Å². The van der Waals surface area contributed by atoms with E-state index in [2.05, 4.69) is 0 Å². The number of likely N-dealkylation sites (N-methyl/N-ethyl adjacent to an activating group) is 1. The predicted molar refractivity (Wildman–Crippen MR) is 117 cm³/mol. The van der Waals surface area contributed by atoms with Crippen molar-refractivity contribution in [2.24, 2.45) is 0 Å². The lowest BCUT2D eigenvalue weighted by molar-refractivity contribution is -0.135. The molecule has 166 valence electrons. The lowest BCUT2D eigenvalue weighted by Gasteiger charge is -2.30.